The molecule has 0 saturated heterocycles. The Hall–Kier alpha value is 0.560. The summed E-state index contributed by atoms with van der Waals surface area (Å²) in [7, 11) is -5.17. The Labute approximate surface area is 58.3 Å². The van der Waals surface area contributed by atoms with Crippen molar-refractivity contribution in [2.75, 3.05) is 0 Å². The number of hydrogen-bond acceptors (Lipinski definition) is 4. The monoisotopic (exact) mass is 243 g/mol. The topological polar surface area (TPSA) is 117 Å². The molecule has 0 spiro atoms. The van der Waals surface area contributed by atoms with E-state index in [0.717, 1.165) is 0 Å². The predicted octanol–water partition coefficient (Wildman–Crippen LogP) is -4.49. The van der Waals surface area contributed by atoms with Gasteiger partial charge in [0, 0.05) is 10.4 Å². The lowest BCUT2D eigenvalue weighted by Crippen LogP contribution is -3.00. The highest BCUT2D eigenvalue weighted by molar-refractivity contribution is 7.79. The van der Waals surface area contributed by atoms with Crippen LogP contribution in [0.1, 0.15) is 0 Å². The van der Waals surface area contributed by atoms with Gasteiger partial charge in [-0.15, -0.1) is 0 Å². The van der Waals surface area contributed by atoms with Crippen molar-refractivity contribution in [2.45, 2.75) is 0 Å². The molecule has 48 valence electrons. The average Bonchev–Trinajstić information content (AvgIpc) is 0.722. The van der Waals surface area contributed by atoms with Gasteiger partial charge in [0.25, 0.3) is 0 Å². The fraction of sp³-hybridized carbons (Fsp3) is 0. The zero-order valence-electron chi connectivity index (χ0n) is 3.49. The van der Waals surface area contributed by atoms with Crippen molar-refractivity contribution in [3.05, 3.63) is 0 Å². The molecule has 7 heavy (non-hydrogen) atoms. The van der Waals surface area contributed by atoms with Crippen LogP contribution in [0.25, 0.3) is 0 Å². The van der Waals surface area contributed by atoms with Crippen LogP contribution < -0.4 is 30.1 Å². The molecule has 0 atom stereocenters. The van der Waals surface area contributed by atoms with E-state index in [9.17, 15) is 0 Å². The van der Waals surface area contributed by atoms with Crippen molar-refractivity contribution in [1.29, 1.82) is 0 Å². The molecule has 0 fully saturated rings. The summed E-state index contributed by atoms with van der Waals surface area (Å²) in [5, 5.41) is 0. The first-order valence-electron chi connectivity index (χ1n) is 0.667. The van der Waals surface area contributed by atoms with Gasteiger partial charge in [-0.3, -0.25) is 8.42 Å². The Morgan fingerprint density at radius 2 is 1.14 bits per heavy atom. The second-order valence-corrected chi connectivity index (χ2v) is 1.22. The molecule has 0 saturated carbocycles. The van der Waals surface area contributed by atoms with E-state index >= 15 is 0 Å². The van der Waals surface area contributed by atoms with Crippen LogP contribution in [0.5, 0.6) is 0 Å². The minimum absolute atomic E-state index is 0. The van der Waals surface area contributed by atoms with Crippen molar-refractivity contribution in [1.82, 2.24) is 6.15 Å². The maximum absolute atomic E-state index is 8.52. The normalized spacial score (nSPS) is 8.29. The summed E-state index contributed by atoms with van der Waals surface area (Å²) >= 11 is 0. The molecule has 0 bridgehead atoms. The van der Waals surface area contributed by atoms with Crippen molar-refractivity contribution in [2.24, 2.45) is 0 Å². The van der Waals surface area contributed by atoms with Crippen LogP contribution in [0.2, 0.25) is 0 Å². The molecule has 0 aliphatic heterocycles. The summed E-state index contributed by atoms with van der Waals surface area (Å²) in [6.07, 6.45) is 0. The van der Waals surface area contributed by atoms with E-state index in [1.807, 2.05) is 0 Å². The molecule has 0 heterocycles. The first-order chi connectivity index (χ1) is 2.00. The van der Waals surface area contributed by atoms with E-state index in [2.05, 4.69) is 0 Å². The molecule has 0 aromatic rings. The molecule has 0 aromatic heterocycles. The van der Waals surface area contributed by atoms with E-state index in [1.165, 1.54) is 0 Å². The van der Waals surface area contributed by atoms with Crippen LogP contribution in [0, 0.1) is 0 Å². The summed E-state index contributed by atoms with van der Waals surface area (Å²) in [6.45, 7) is 0. The number of halogens is 1. The third-order valence-corrected chi connectivity index (χ3v) is 0. The molecule has 0 radical (unpaired) electrons. The molecule has 0 unspecified atom stereocenters. The fourth-order valence-corrected chi connectivity index (χ4v) is 0. The first-order valence-corrected chi connectivity index (χ1v) is 2.00. The Balaban J connectivity index is -0.0000000800. The third kappa shape index (κ3) is 435. The Kier molecular flexibility index (Phi) is 10.5. The van der Waals surface area contributed by atoms with Crippen LogP contribution in [0.4, 0.5) is 0 Å². The van der Waals surface area contributed by atoms with Gasteiger partial charge in [0.05, 0.1) is 0 Å². The highest BCUT2D eigenvalue weighted by Gasteiger charge is 1.49. The largest absolute Gasteiger partial charge is 0.759 e. The van der Waals surface area contributed by atoms with Crippen molar-refractivity contribution in [3.63, 3.8) is 0 Å². The predicted molar refractivity (Wildman–Crippen MR) is 19.2 cm³/mol. The molecular formula is H6INO4S. The highest BCUT2D eigenvalue weighted by atomic mass is 127. The van der Waals surface area contributed by atoms with E-state index < -0.39 is 10.4 Å². The smallest absolute Gasteiger partial charge is 0.235 e. The van der Waals surface area contributed by atoms with Gasteiger partial charge in [-0.1, -0.05) is 0 Å². The summed E-state index contributed by atoms with van der Waals surface area (Å²) in [4.78, 5) is 0. The van der Waals surface area contributed by atoms with Crippen molar-refractivity contribution >= 4 is 10.4 Å². The summed E-state index contributed by atoms with van der Waals surface area (Å²) in [5.41, 5.74) is 0. The second-order valence-electron chi connectivity index (χ2n) is 0.408. The molecule has 5 nitrogen and oxygen atoms in total. The van der Waals surface area contributed by atoms with Gasteiger partial charge >= 0.3 is 0 Å². The fourth-order valence-electron chi connectivity index (χ4n) is 0. The third-order valence-electron chi connectivity index (χ3n) is 0. The molecule has 0 aliphatic carbocycles. The van der Waals surface area contributed by atoms with Gasteiger partial charge in [-0.2, -0.15) is 0 Å². The minimum Gasteiger partial charge on any atom is -0.759 e. The quantitative estimate of drug-likeness (QED) is 0.262. The summed E-state index contributed by atoms with van der Waals surface area (Å²) in [6, 6.07) is 0. The average molecular weight is 243 g/mol. The molecule has 0 rings (SSSR count). The lowest BCUT2D eigenvalue weighted by molar-refractivity contribution is -0.00000882. The zero-order chi connectivity index (χ0) is 4.50. The maximum atomic E-state index is 8.52. The second kappa shape index (κ2) is 4.71. The van der Waals surface area contributed by atoms with Gasteiger partial charge in [0.15, 0.2) is 0 Å². The van der Waals surface area contributed by atoms with Gasteiger partial charge in [-0.05, 0) is 0 Å². The van der Waals surface area contributed by atoms with Crippen LogP contribution in [0.15, 0.2) is 0 Å². The van der Waals surface area contributed by atoms with Crippen LogP contribution in [0.3, 0.4) is 0 Å². The van der Waals surface area contributed by atoms with Crippen LogP contribution >= 0.6 is 0 Å². The van der Waals surface area contributed by atoms with E-state index in [1.54, 1.807) is 0 Å². The van der Waals surface area contributed by atoms with Crippen LogP contribution in [-0.2, 0) is 10.4 Å². The Morgan fingerprint density at radius 1 is 1.14 bits per heavy atom. The van der Waals surface area contributed by atoms with E-state index in [0.29, 0.717) is 0 Å². The molecule has 0 aliphatic rings. The minimum atomic E-state index is -5.17. The molecule has 0 aromatic carbocycles. The van der Waals surface area contributed by atoms with Crippen molar-refractivity contribution in [3.8, 4) is 0 Å². The van der Waals surface area contributed by atoms with E-state index in [-0.39, 0.29) is 30.1 Å². The van der Waals surface area contributed by atoms with Gasteiger partial charge in [-0.25, -0.2) is 0 Å². The summed E-state index contributed by atoms with van der Waals surface area (Å²) < 4.78 is 34.1. The van der Waals surface area contributed by atoms with E-state index in [4.69, 9.17) is 17.5 Å². The summed E-state index contributed by atoms with van der Waals surface area (Å²) in [5.74, 6) is 0. The first kappa shape index (κ1) is 15.6. The number of quaternary nitrogens is 1. The van der Waals surface area contributed by atoms with Gasteiger partial charge in [0.1, 0.15) is 0 Å². The zero-order valence-corrected chi connectivity index (χ0v) is 6.86. The number of rotatable bonds is 0. The highest BCUT2D eigenvalue weighted by Crippen LogP contribution is 1.57. The number of hydrogen-bond donors (Lipinski definition) is 1. The molecule has 4 N–H and O–H groups in total. The van der Waals surface area contributed by atoms with Gasteiger partial charge < -0.3 is 15.3 Å². The lowest BCUT2D eigenvalue weighted by Gasteiger charge is -2.06. The Bertz CT molecular complexity index is 94.9. The van der Waals surface area contributed by atoms with Gasteiger partial charge in [0.2, 0.25) is 24.0 Å². The van der Waals surface area contributed by atoms with Crippen LogP contribution in [-0.4, -0.2) is 17.5 Å². The standard InChI is InChI=1S/H2I.H3N.H2O4S/c;;1-5(2,3)4/h1H2;1H3;(H2,1,2,3,4)/q+1;;/p-1. The van der Waals surface area contributed by atoms with Crippen molar-refractivity contribution < 1.29 is 41.5 Å². The Morgan fingerprint density at radius 3 is 1.14 bits per heavy atom. The maximum Gasteiger partial charge on any atom is 0.235 e. The molecule has 0 amide bonds. The lowest BCUT2D eigenvalue weighted by atomic mass is 14.0. The SMILES string of the molecule is O=S(=O)([O-])[O-].[IH2+].[NH4+]. The molecule has 7 heteroatoms. The molecular weight excluding hydrogens is 237 g/mol.